The quantitative estimate of drug-likeness (QED) is 0.582. The third kappa shape index (κ3) is 4.86. The van der Waals surface area contributed by atoms with Gasteiger partial charge in [-0.15, -0.1) is 0 Å². The lowest BCUT2D eigenvalue weighted by molar-refractivity contribution is -0.153. The van der Waals surface area contributed by atoms with Crippen molar-refractivity contribution in [1.82, 2.24) is 14.9 Å². The third-order valence-electron chi connectivity index (χ3n) is 4.03. The predicted molar refractivity (Wildman–Crippen MR) is 97.9 cm³/mol. The monoisotopic (exact) mass is 413 g/mol. The number of hydrogen-bond donors (Lipinski definition) is 1. The van der Waals surface area contributed by atoms with E-state index in [4.69, 9.17) is 4.74 Å². The highest BCUT2D eigenvalue weighted by Gasteiger charge is 2.28. The molecule has 1 fully saturated rings. The number of aromatic nitrogens is 2. The summed E-state index contributed by atoms with van der Waals surface area (Å²) in [6.07, 6.45) is -3.45. The zero-order valence-electron chi connectivity index (χ0n) is 15.0. The average molecular weight is 413 g/mol. The largest absolute Gasteiger partial charge is 0.484 e. The Hall–Kier alpha value is -2.49. The van der Waals surface area contributed by atoms with Gasteiger partial charge in [0, 0.05) is 12.5 Å². The van der Waals surface area contributed by atoms with E-state index in [1.54, 1.807) is 0 Å². The molecular formula is C18H18F3N3O3S. The Morgan fingerprint density at radius 3 is 2.57 bits per heavy atom. The molecule has 3 rings (SSSR count). The number of carbonyl (C=O) groups is 1. The minimum atomic E-state index is -4.42. The highest BCUT2D eigenvalue weighted by atomic mass is 32.2. The Morgan fingerprint density at radius 2 is 2.00 bits per heavy atom. The van der Waals surface area contributed by atoms with Gasteiger partial charge in [-0.05, 0) is 36.4 Å². The highest BCUT2D eigenvalue weighted by molar-refractivity contribution is 7.99. The van der Waals surface area contributed by atoms with Gasteiger partial charge in [0.2, 0.25) is 5.91 Å². The fraction of sp³-hybridized carbons (Fsp3) is 0.389. The van der Waals surface area contributed by atoms with Gasteiger partial charge in [-0.25, -0.2) is 4.98 Å². The van der Waals surface area contributed by atoms with Crippen LogP contribution in [-0.2, 0) is 4.79 Å². The first kappa shape index (κ1) is 20.2. The predicted octanol–water partition coefficient (Wildman–Crippen LogP) is 3.24. The van der Waals surface area contributed by atoms with Crippen molar-refractivity contribution in [2.75, 3.05) is 12.4 Å². The number of nitrogens with one attached hydrogen (secondary N) is 1. The Bertz CT molecular complexity index is 913. The van der Waals surface area contributed by atoms with Gasteiger partial charge in [0.1, 0.15) is 5.75 Å². The standard InChI is InChI=1S/C18H18F3N3O3S/c1-2-28-17-23-14(13-7-8-15(25)22-13)9-16(26)24(17)11-3-5-12(6-4-11)27-10-18(19,20)21/h3-6,9,13H,2,7-8,10H2,1H3,(H,22,25). The molecule has 0 bridgehead atoms. The Labute approximate surface area is 163 Å². The number of nitrogens with zero attached hydrogens (tertiary/aromatic N) is 2. The molecule has 1 aromatic heterocycles. The summed E-state index contributed by atoms with van der Waals surface area (Å²) in [5.74, 6) is 0.645. The van der Waals surface area contributed by atoms with Crippen LogP contribution in [0.5, 0.6) is 5.75 Å². The first-order valence-corrected chi connectivity index (χ1v) is 9.61. The smallest absolute Gasteiger partial charge is 0.422 e. The molecule has 0 spiro atoms. The second kappa shape index (κ2) is 8.26. The molecule has 1 atom stereocenters. The first-order valence-electron chi connectivity index (χ1n) is 8.63. The summed E-state index contributed by atoms with van der Waals surface area (Å²) >= 11 is 1.36. The molecule has 10 heteroatoms. The normalized spacial score (nSPS) is 16.9. The molecule has 1 unspecified atom stereocenters. The van der Waals surface area contributed by atoms with Gasteiger partial charge in [-0.3, -0.25) is 14.2 Å². The van der Waals surface area contributed by atoms with Crippen LogP contribution in [0.2, 0.25) is 0 Å². The Balaban J connectivity index is 1.90. The number of amides is 1. The minimum Gasteiger partial charge on any atom is -0.484 e. The molecule has 0 aliphatic carbocycles. The zero-order chi connectivity index (χ0) is 20.3. The molecule has 150 valence electrons. The van der Waals surface area contributed by atoms with Crippen LogP contribution in [0.4, 0.5) is 13.2 Å². The number of benzene rings is 1. The zero-order valence-corrected chi connectivity index (χ0v) is 15.8. The van der Waals surface area contributed by atoms with Crippen molar-refractivity contribution in [3.63, 3.8) is 0 Å². The van der Waals surface area contributed by atoms with Crippen LogP contribution in [0.25, 0.3) is 5.69 Å². The van der Waals surface area contributed by atoms with Gasteiger partial charge in [0.05, 0.1) is 17.4 Å². The lowest BCUT2D eigenvalue weighted by atomic mass is 10.1. The fourth-order valence-corrected chi connectivity index (χ4v) is 3.57. The lowest BCUT2D eigenvalue weighted by Gasteiger charge is -2.16. The van der Waals surface area contributed by atoms with E-state index in [1.807, 2.05) is 6.92 Å². The van der Waals surface area contributed by atoms with Crippen molar-refractivity contribution in [1.29, 1.82) is 0 Å². The molecule has 1 saturated heterocycles. The Morgan fingerprint density at radius 1 is 1.29 bits per heavy atom. The van der Waals surface area contributed by atoms with Crippen molar-refractivity contribution in [3.05, 3.63) is 46.4 Å². The van der Waals surface area contributed by atoms with Crippen LogP contribution in [0.1, 0.15) is 31.5 Å². The van der Waals surface area contributed by atoms with Crippen LogP contribution < -0.4 is 15.6 Å². The highest BCUT2D eigenvalue weighted by Crippen LogP contribution is 2.26. The van der Waals surface area contributed by atoms with Crippen molar-refractivity contribution in [2.24, 2.45) is 0 Å². The summed E-state index contributed by atoms with van der Waals surface area (Å²) in [6, 6.07) is 6.85. The van der Waals surface area contributed by atoms with E-state index in [-0.39, 0.29) is 23.3 Å². The summed E-state index contributed by atoms with van der Waals surface area (Å²) in [7, 11) is 0. The molecule has 2 aromatic rings. The summed E-state index contributed by atoms with van der Waals surface area (Å²) in [5, 5.41) is 3.25. The maximum absolute atomic E-state index is 12.7. The van der Waals surface area contributed by atoms with Crippen molar-refractivity contribution >= 4 is 17.7 Å². The average Bonchev–Trinajstić information content (AvgIpc) is 3.06. The molecule has 2 heterocycles. The molecule has 1 aliphatic rings. The molecule has 0 radical (unpaired) electrons. The van der Waals surface area contributed by atoms with Gasteiger partial charge in [-0.2, -0.15) is 13.2 Å². The van der Waals surface area contributed by atoms with Crippen LogP contribution in [0, 0.1) is 0 Å². The number of carbonyl (C=O) groups excluding carboxylic acids is 1. The summed E-state index contributed by atoms with van der Waals surface area (Å²) in [6.45, 7) is 0.534. The SMILES string of the molecule is CCSc1nc(C2CCC(=O)N2)cc(=O)n1-c1ccc(OCC(F)(F)F)cc1. The number of halogens is 3. The van der Waals surface area contributed by atoms with Gasteiger partial charge in [0.15, 0.2) is 11.8 Å². The molecule has 28 heavy (non-hydrogen) atoms. The van der Waals surface area contributed by atoms with Gasteiger partial charge >= 0.3 is 6.18 Å². The molecule has 1 aromatic carbocycles. The van der Waals surface area contributed by atoms with Crippen LogP contribution in [0.3, 0.4) is 0 Å². The maximum Gasteiger partial charge on any atom is 0.422 e. The summed E-state index contributed by atoms with van der Waals surface area (Å²) < 4.78 is 42.9. The van der Waals surface area contributed by atoms with E-state index in [9.17, 15) is 22.8 Å². The summed E-state index contributed by atoms with van der Waals surface area (Å²) in [4.78, 5) is 28.7. The molecule has 1 N–H and O–H groups in total. The van der Waals surface area contributed by atoms with E-state index < -0.39 is 12.8 Å². The molecular weight excluding hydrogens is 395 g/mol. The number of alkyl halides is 3. The number of thioether (sulfide) groups is 1. The lowest BCUT2D eigenvalue weighted by Crippen LogP contribution is -2.26. The maximum atomic E-state index is 12.7. The van der Waals surface area contributed by atoms with Gasteiger partial charge in [0.25, 0.3) is 5.56 Å². The topological polar surface area (TPSA) is 73.2 Å². The number of hydrogen-bond acceptors (Lipinski definition) is 5. The molecule has 1 amide bonds. The number of ether oxygens (including phenoxy) is 1. The second-order valence-electron chi connectivity index (χ2n) is 6.13. The van der Waals surface area contributed by atoms with Crippen molar-refractivity contribution in [2.45, 2.75) is 37.1 Å². The van der Waals surface area contributed by atoms with E-state index in [0.29, 0.717) is 35.1 Å². The van der Waals surface area contributed by atoms with Crippen LogP contribution in [-0.4, -0.2) is 34.0 Å². The molecule has 6 nitrogen and oxygen atoms in total. The van der Waals surface area contributed by atoms with Crippen molar-refractivity contribution < 1.29 is 22.7 Å². The third-order valence-corrected chi connectivity index (χ3v) is 4.85. The fourth-order valence-electron chi connectivity index (χ4n) is 2.81. The number of rotatable bonds is 6. The van der Waals surface area contributed by atoms with Crippen molar-refractivity contribution in [3.8, 4) is 11.4 Å². The van der Waals surface area contributed by atoms with Gasteiger partial charge < -0.3 is 10.1 Å². The summed E-state index contributed by atoms with van der Waals surface area (Å²) in [5.41, 5.74) is 0.647. The Kier molecular flexibility index (Phi) is 5.97. The second-order valence-corrected chi connectivity index (χ2v) is 7.36. The first-order chi connectivity index (χ1) is 13.3. The van der Waals surface area contributed by atoms with E-state index in [0.717, 1.165) is 0 Å². The van der Waals surface area contributed by atoms with Crippen LogP contribution >= 0.6 is 11.8 Å². The van der Waals surface area contributed by atoms with E-state index in [2.05, 4.69) is 10.3 Å². The van der Waals surface area contributed by atoms with E-state index in [1.165, 1.54) is 46.7 Å². The molecule has 1 aliphatic heterocycles. The molecule has 0 saturated carbocycles. The van der Waals surface area contributed by atoms with E-state index >= 15 is 0 Å². The van der Waals surface area contributed by atoms with Gasteiger partial charge in [-0.1, -0.05) is 18.7 Å². The van der Waals surface area contributed by atoms with Crippen LogP contribution in [0.15, 0.2) is 40.3 Å². The minimum absolute atomic E-state index is 0.0528.